The Balaban J connectivity index is 1.42. The summed E-state index contributed by atoms with van der Waals surface area (Å²) >= 11 is 1.40. The second kappa shape index (κ2) is 8.86. The van der Waals surface area contributed by atoms with E-state index >= 15 is 0 Å². The molecule has 0 unspecified atom stereocenters. The van der Waals surface area contributed by atoms with Gasteiger partial charge in [-0.15, -0.1) is 11.3 Å². The number of halogens is 1. The fourth-order valence-electron chi connectivity index (χ4n) is 4.47. The van der Waals surface area contributed by atoms with E-state index in [1.54, 1.807) is 22.9 Å². The lowest BCUT2D eigenvalue weighted by Crippen LogP contribution is -2.44. The summed E-state index contributed by atoms with van der Waals surface area (Å²) in [6, 6.07) is 9.68. The van der Waals surface area contributed by atoms with Gasteiger partial charge < -0.3 is 5.32 Å². The number of nitrogens with one attached hydrogen (secondary N) is 1. The van der Waals surface area contributed by atoms with Gasteiger partial charge in [-0.25, -0.2) is 4.39 Å². The molecule has 7 heteroatoms. The third-order valence-electron chi connectivity index (χ3n) is 6.12. The van der Waals surface area contributed by atoms with Crippen molar-refractivity contribution >= 4 is 27.5 Å². The van der Waals surface area contributed by atoms with E-state index in [9.17, 15) is 9.18 Å². The van der Waals surface area contributed by atoms with E-state index < -0.39 is 0 Å². The molecule has 1 N–H and O–H groups in total. The molecular weight excluding hydrogens is 399 g/mol. The topological polar surface area (TPSA) is 50.2 Å². The monoisotopic (exact) mass is 428 g/mol. The van der Waals surface area contributed by atoms with Gasteiger partial charge in [0, 0.05) is 43.2 Å². The summed E-state index contributed by atoms with van der Waals surface area (Å²) in [7, 11) is 1.83. The lowest BCUT2D eigenvalue weighted by Gasteiger charge is -2.39. The zero-order chi connectivity index (χ0) is 21.3. The Bertz CT molecular complexity index is 1030. The van der Waals surface area contributed by atoms with Gasteiger partial charge in [0.2, 0.25) is 0 Å². The molecule has 1 aliphatic heterocycles. The van der Waals surface area contributed by atoms with Crippen LogP contribution in [0.4, 0.5) is 4.39 Å². The van der Waals surface area contributed by atoms with E-state index in [4.69, 9.17) is 0 Å². The number of amides is 1. The highest BCUT2D eigenvalue weighted by Crippen LogP contribution is 2.34. The number of nitrogens with zero attached hydrogens (tertiary/aromatic N) is 3. The van der Waals surface area contributed by atoms with E-state index in [-0.39, 0.29) is 11.7 Å². The number of fused-ring (bicyclic) bond motifs is 1. The number of carbonyl (C=O) groups is 1. The highest BCUT2D eigenvalue weighted by atomic mass is 32.1. The molecule has 1 fully saturated rings. The van der Waals surface area contributed by atoms with Crippen molar-refractivity contribution in [2.45, 2.75) is 51.6 Å². The van der Waals surface area contributed by atoms with Crippen LogP contribution in [-0.4, -0.2) is 45.8 Å². The zero-order valence-electron chi connectivity index (χ0n) is 17.8. The maximum atomic E-state index is 14.3. The van der Waals surface area contributed by atoms with Crippen molar-refractivity contribution in [3.8, 4) is 11.3 Å². The first-order valence-electron chi connectivity index (χ1n) is 10.7. The predicted molar refractivity (Wildman–Crippen MR) is 120 cm³/mol. The van der Waals surface area contributed by atoms with Crippen molar-refractivity contribution in [1.82, 2.24) is 20.0 Å². The first kappa shape index (κ1) is 21.0. The van der Waals surface area contributed by atoms with Crippen LogP contribution in [-0.2, 0) is 7.05 Å². The summed E-state index contributed by atoms with van der Waals surface area (Å²) in [5.74, 6) is -0.383. The molecular formula is C23H29FN4OS. The predicted octanol–water partition coefficient (Wildman–Crippen LogP) is 4.82. The van der Waals surface area contributed by atoms with Crippen molar-refractivity contribution in [3.63, 3.8) is 0 Å². The fourth-order valence-corrected chi connectivity index (χ4v) is 5.46. The van der Waals surface area contributed by atoms with Crippen LogP contribution in [0.5, 0.6) is 0 Å². The Morgan fingerprint density at radius 2 is 2.00 bits per heavy atom. The van der Waals surface area contributed by atoms with E-state index in [1.165, 1.54) is 36.7 Å². The van der Waals surface area contributed by atoms with Crippen LogP contribution < -0.4 is 5.32 Å². The van der Waals surface area contributed by atoms with Crippen LogP contribution in [0.25, 0.3) is 21.5 Å². The first-order chi connectivity index (χ1) is 14.5. The highest BCUT2D eigenvalue weighted by Gasteiger charge is 2.24. The molecule has 1 saturated heterocycles. The summed E-state index contributed by atoms with van der Waals surface area (Å²) in [5, 5.41) is 8.34. The van der Waals surface area contributed by atoms with E-state index in [0.717, 1.165) is 23.2 Å². The first-order valence-corrected chi connectivity index (χ1v) is 11.5. The van der Waals surface area contributed by atoms with Gasteiger partial charge in [-0.3, -0.25) is 14.4 Å². The number of thiophene rings is 1. The summed E-state index contributed by atoms with van der Waals surface area (Å²) in [6.45, 7) is 6.26. The average molecular weight is 429 g/mol. The van der Waals surface area contributed by atoms with Gasteiger partial charge in [-0.2, -0.15) is 5.10 Å². The number of likely N-dealkylation sites (tertiary alicyclic amines) is 1. The number of rotatable bonds is 6. The molecule has 0 bridgehead atoms. The Morgan fingerprint density at radius 3 is 2.73 bits per heavy atom. The van der Waals surface area contributed by atoms with Gasteiger partial charge in [0.1, 0.15) is 16.3 Å². The Kier molecular flexibility index (Phi) is 6.20. The number of aryl methyl sites for hydroxylation is 1. The molecule has 160 valence electrons. The Labute approximate surface area is 180 Å². The molecule has 1 aliphatic rings. The Hall–Kier alpha value is -2.25. The summed E-state index contributed by atoms with van der Waals surface area (Å²) in [4.78, 5) is 16.8. The third kappa shape index (κ3) is 4.14. The lowest BCUT2D eigenvalue weighted by atomic mass is 9.97. The Morgan fingerprint density at radius 1 is 1.27 bits per heavy atom. The molecule has 30 heavy (non-hydrogen) atoms. The smallest absolute Gasteiger partial charge is 0.261 e. The number of benzene rings is 1. The quantitative estimate of drug-likeness (QED) is 0.573. The van der Waals surface area contributed by atoms with Crippen molar-refractivity contribution in [1.29, 1.82) is 0 Å². The molecule has 1 amide bonds. The van der Waals surface area contributed by atoms with E-state index in [2.05, 4.69) is 29.2 Å². The molecule has 2 aromatic heterocycles. The molecule has 0 radical (unpaired) electrons. The minimum absolute atomic E-state index is 0.0737. The van der Waals surface area contributed by atoms with Crippen molar-refractivity contribution in [2.75, 3.05) is 13.1 Å². The summed E-state index contributed by atoms with van der Waals surface area (Å²) < 4.78 is 16.0. The highest BCUT2D eigenvalue weighted by molar-refractivity contribution is 7.20. The van der Waals surface area contributed by atoms with Gasteiger partial charge >= 0.3 is 0 Å². The minimum Gasteiger partial charge on any atom is -0.351 e. The lowest BCUT2D eigenvalue weighted by molar-refractivity contribution is 0.0929. The molecule has 3 aromatic rings. The van der Waals surface area contributed by atoms with E-state index in [1.807, 2.05) is 13.1 Å². The average Bonchev–Trinajstić information content (AvgIpc) is 3.28. The number of piperidine rings is 1. The molecule has 4 rings (SSSR count). The van der Waals surface area contributed by atoms with Gasteiger partial charge in [-0.05, 0) is 51.3 Å². The van der Waals surface area contributed by atoms with Gasteiger partial charge in [0.05, 0.1) is 4.88 Å². The molecule has 0 saturated carbocycles. The maximum Gasteiger partial charge on any atom is 0.261 e. The van der Waals surface area contributed by atoms with Crippen LogP contribution in [0.3, 0.4) is 0 Å². The second-order valence-corrected chi connectivity index (χ2v) is 9.29. The number of hydrogen-bond acceptors (Lipinski definition) is 4. The fraction of sp³-hybridized carbons (Fsp3) is 0.478. The van der Waals surface area contributed by atoms with Gasteiger partial charge in [0.15, 0.2) is 0 Å². The van der Waals surface area contributed by atoms with Crippen molar-refractivity contribution in [2.24, 2.45) is 7.05 Å². The standard InChI is InChI=1S/C23H29FN4OS/c1-15-8-6-9-16(2)28(15)13-7-12-25-22(29)20-14-18-21(26-27(3)23(18)30-20)17-10-4-5-11-19(17)24/h4-5,10-11,14-16H,6-9,12-13H2,1-3H3,(H,25,29)/t15-,16+. The van der Waals surface area contributed by atoms with Crippen LogP contribution >= 0.6 is 11.3 Å². The van der Waals surface area contributed by atoms with Crippen molar-refractivity contribution < 1.29 is 9.18 Å². The number of carbonyl (C=O) groups excluding carboxylic acids is 1. The second-order valence-electron chi connectivity index (χ2n) is 8.26. The van der Waals surface area contributed by atoms with E-state index in [0.29, 0.717) is 34.8 Å². The van der Waals surface area contributed by atoms with Crippen LogP contribution in [0.15, 0.2) is 30.3 Å². The maximum absolute atomic E-state index is 14.3. The molecule has 2 atom stereocenters. The number of hydrogen-bond donors (Lipinski definition) is 1. The SMILES string of the molecule is C[C@@H]1CCC[C@H](C)N1CCCNC(=O)c1cc2c(-c3ccccc3F)nn(C)c2s1. The largest absolute Gasteiger partial charge is 0.351 e. The molecule has 0 spiro atoms. The van der Waals surface area contributed by atoms with Crippen molar-refractivity contribution in [3.05, 3.63) is 41.0 Å². The normalized spacial score (nSPS) is 20.0. The third-order valence-corrected chi connectivity index (χ3v) is 7.32. The zero-order valence-corrected chi connectivity index (χ0v) is 18.6. The molecule has 0 aliphatic carbocycles. The van der Waals surface area contributed by atoms with Crippen LogP contribution in [0.1, 0.15) is 49.2 Å². The molecule has 5 nitrogen and oxygen atoms in total. The van der Waals surface area contributed by atoms with Crippen LogP contribution in [0.2, 0.25) is 0 Å². The van der Waals surface area contributed by atoms with Gasteiger partial charge in [0.25, 0.3) is 5.91 Å². The summed E-state index contributed by atoms with van der Waals surface area (Å²) in [6.07, 6.45) is 4.77. The summed E-state index contributed by atoms with van der Waals surface area (Å²) in [5.41, 5.74) is 1.03. The molecule has 1 aromatic carbocycles. The number of aromatic nitrogens is 2. The van der Waals surface area contributed by atoms with Gasteiger partial charge in [-0.1, -0.05) is 18.6 Å². The minimum atomic E-state index is -0.309. The molecule has 3 heterocycles. The van der Waals surface area contributed by atoms with Crippen LogP contribution in [0, 0.1) is 5.82 Å².